The molecular formula is C22H27FN2O2. The number of benzene rings is 2. The lowest BCUT2D eigenvalue weighted by Gasteiger charge is -2.28. The van der Waals surface area contributed by atoms with Crippen molar-refractivity contribution in [3.8, 4) is 0 Å². The second kappa shape index (κ2) is 9.11. The summed E-state index contributed by atoms with van der Waals surface area (Å²) in [7, 11) is 1.68. The molecule has 2 unspecified atom stereocenters. The van der Waals surface area contributed by atoms with Gasteiger partial charge in [0.2, 0.25) is 5.91 Å². The SMILES string of the molecule is COC1CN(Cc2ccccc2)C(=O)CN(C(C)Cc2ccccc2F)C1. The van der Waals surface area contributed by atoms with Crippen LogP contribution in [-0.4, -0.2) is 54.6 Å². The van der Waals surface area contributed by atoms with Crippen LogP contribution in [0.5, 0.6) is 0 Å². The monoisotopic (exact) mass is 370 g/mol. The Balaban J connectivity index is 1.70. The molecular weight excluding hydrogens is 343 g/mol. The van der Waals surface area contributed by atoms with E-state index in [9.17, 15) is 9.18 Å². The average Bonchev–Trinajstić information content (AvgIpc) is 2.83. The van der Waals surface area contributed by atoms with E-state index in [0.29, 0.717) is 38.2 Å². The minimum Gasteiger partial charge on any atom is -0.378 e. The van der Waals surface area contributed by atoms with Crippen LogP contribution in [0.1, 0.15) is 18.1 Å². The molecule has 0 bridgehead atoms. The molecule has 1 heterocycles. The maximum absolute atomic E-state index is 14.0. The van der Waals surface area contributed by atoms with Crippen molar-refractivity contribution in [2.75, 3.05) is 26.7 Å². The summed E-state index contributed by atoms with van der Waals surface area (Å²) in [5, 5.41) is 0. The Morgan fingerprint density at radius 1 is 1.11 bits per heavy atom. The largest absolute Gasteiger partial charge is 0.378 e. The van der Waals surface area contributed by atoms with Crippen molar-refractivity contribution < 1.29 is 13.9 Å². The van der Waals surface area contributed by atoms with Gasteiger partial charge >= 0.3 is 0 Å². The molecule has 4 nitrogen and oxygen atoms in total. The van der Waals surface area contributed by atoms with Crippen LogP contribution < -0.4 is 0 Å². The normalized spacial score (nSPS) is 19.7. The van der Waals surface area contributed by atoms with Gasteiger partial charge in [0.15, 0.2) is 0 Å². The summed E-state index contributed by atoms with van der Waals surface area (Å²) in [6, 6.07) is 16.9. The third kappa shape index (κ3) is 5.15. The van der Waals surface area contributed by atoms with Crippen molar-refractivity contribution in [3.63, 3.8) is 0 Å². The minimum atomic E-state index is -0.195. The van der Waals surface area contributed by atoms with Crippen molar-refractivity contribution in [1.29, 1.82) is 0 Å². The molecule has 1 fully saturated rings. The number of halogens is 1. The summed E-state index contributed by atoms with van der Waals surface area (Å²) in [6.45, 7) is 4.16. The third-order valence-electron chi connectivity index (χ3n) is 5.20. The lowest BCUT2D eigenvalue weighted by Crippen LogP contribution is -2.42. The fraction of sp³-hybridized carbons (Fsp3) is 0.409. The first-order valence-electron chi connectivity index (χ1n) is 9.38. The Morgan fingerprint density at radius 3 is 2.52 bits per heavy atom. The van der Waals surface area contributed by atoms with Gasteiger partial charge in [0.25, 0.3) is 0 Å². The zero-order chi connectivity index (χ0) is 19.2. The molecule has 0 aromatic heterocycles. The molecule has 1 aliphatic rings. The van der Waals surface area contributed by atoms with Crippen molar-refractivity contribution in [1.82, 2.24) is 9.80 Å². The van der Waals surface area contributed by atoms with E-state index in [1.807, 2.05) is 48.2 Å². The Kier molecular flexibility index (Phi) is 6.58. The second-order valence-corrected chi connectivity index (χ2v) is 7.19. The quantitative estimate of drug-likeness (QED) is 0.783. The molecule has 27 heavy (non-hydrogen) atoms. The van der Waals surface area contributed by atoms with E-state index in [2.05, 4.69) is 4.90 Å². The first-order chi connectivity index (χ1) is 13.1. The third-order valence-corrected chi connectivity index (χ3v) is 5.20. The summed E-state index contributed by atoms with van der Waals surface area (Å²) in [5.41, 5.74) is 1.78. The number of hydrogen-bond acceptors (Lipinski definition) is 3. The first-order valence-corrected chi connectivity index (χ1v) is 9.38. The lowest BCUT2D eigenvalue weighted by atomic mass is 10.0. The topological polar surface area (TPSA) is 32.8 Å². The van der Waals surface area contributed by atoms with Gasteiger partial charge in [-0.25, -0.2) is 4.39 Å². The van der Waals surface area contributed by atoms with E-state index in [1.165, 1.54) is 6.07 Å². The molecule has 0 aliphatic carbocycles. The number of ether oxygens (including phenoxy) is 1. The van der Waals surface area contributed by atoms with Gasteiger partial charge in [-0.05, 0) is 30.5 Å². The van der Waals surface area contributed by atoms with Gasteiger partial charge < -0.3 is 9.64 Å². The summed E-state index contributed by atoms with van der Waals surface area (Å²) in [6.07, 6.45) is 0.498. The fourth-order valence-corrected chi connectivity index (χ4v) is 3.56. The Labute approximate surface area is 160 Å². The molecule has 0 N–H and O–H groups in total. The number of methoxy groups -OCH3 is 1. The first kappa shape index (κ1) is 19.5. The maximum atomic E-state index is 14.0. The highest BCUT2D eigenvalue weighted by Gasteiger charge is 2.30. The van der Waals surface area contributed by atoms with Gasteiger partial charge in [0.05, 0.1) is 12.6 Å². The van der Waals surface area contributed by atoms with Crippen LogP contribution in [-0.2, 0) is 22.5 Å². The lowest BCUT2D eigenvalue weighted by molar-refractivity contribution is -0.132. The molecule has 3 rings (SSSR count). The van der Waals surface area contributed by atoms with Crippen LogP contribution in [0.3, 0.4) is 0 Å². The predicted molar refractivity (Wildman–Crippen MR) is 104 cm³/mol. The van der Waals surface area contributed by atoms with Crippen LogP contribution in [0, 0.1) is 5.82 Å². The van der Waals surface area contributed by atoms with Crippen molar-refractivity contribution in [3.05, 3.63) is 71.5 Å². The summed E-state index contributed by atoms with van der Waals surface area (Å²) < 4.78 is 19.6. The second-order valence-electron chi connectivity index (χ2n) is 7.19. The molecule has 0 saturated carbocycles. The Bertz CT molecular complexity index is 753. The molecule has 2 atom stereocenters. The average molecular weight is 370 g/mol. The Hall–Kier alpha value is -2.24. The van der Waals surface area contributed by atoms with Crippen molar-refractivity contribution in [2.24, 2.45) is 0 Å². The molecule has 1 saturated heterocycles. The van der Waals surface area contributed by atoms with Gasteiger partial charge in [0.1, 0.15) is 5.82 Å². The van der Waals surface area contributed by atoms with Crippen LogP contribution in [0.25, 0.3) is 0 Å². The van der Waals surface area contributed by atoms with Gasteiger partial charge in [-0.15, -0.1) is 0 Å². The molecule has 0 radical (unpaired) electrons. The highest BCUT2D eigenvalue weighted by molar-refractivity contribution is 5.78. The zero-order valence-electron chi connectivity index (χ0n) is 16.0. The van der Waals surface area contributed by atoms with Gasteiger partial charge in [0, 0.05) is 32.8 Å². The molecule has 2 aromatic carbocycles. The highest BCUT2D eigenvalue weighted by atomic mass is 19.1. The molecule has 144 valence electrons. The van der Waals surface area contributed by atoms with Crippen LogP contribution >= 0.6 is 0 Å². The number of hydrogen-bond donors (Lipinski definition) is 0. The summed E-state index contributed by atoms with van der Waals surface area (Å²) >= 11 is 0. The predicted octanol–water partition coefficient (Wildman–Crippen LogP) is 3.12. The Morgan fingerprint density at radius 2 is 1.81 bits per heavy atom. The summed E-state index contributed by atoms with van der Waals surface area (Å²) in [4.78, 5) is 16.8. The van der Waals surface area contributed by atoms with E-state index in [-0.39, 0.29) is 23.9 Å². The maximum Gasteiger partial charge on any atom is 0.237 e. The van der Waals surface area contributed by atoms with Crippen LogP contribution in [0.15, 0.2) is 54.6 Å². The molecule has 0 spiro atoms. The molecule has 2 aromatic rings. The summed E-state index contributed by atoms with van der Waals surface area (Å²) in [5.74, 6) is -0.113. The molecule has 1 amide bonds. The highest BCUT2D eigenvalue weighted by Crippen LogP contribution is 2.17. The van der Waals surface area contributed by atoms with E-state index in [0.717, 1.165) is 5.56 Å². The number of carbonyl (C=O) groups excluding carboxylic acids is 1. The van der Waals surface area contributed by atoms with Gasteiger partial charge in [-0.3, -0.25) is 9.69 Å². The van der Waals surface area contributed by atoms with Crippen molar-refractivity contribution >= 4 is 5.91 Å². The van der Waals surface area contributed by atoms with Gasteiger partial charge in [-0.1, -0.05) is 48.5 Å². The zero-order valence-corrected chi connectivity index (χ0v) is 16.0. The van der Waals surface area contributed by atoms with E-state index in [4.69, 9.17) is 4.74 Å². The van der Waals surface area contributed by atoms with E-state index in [1.54, 1.807) is 19.2 Å². The van der Waals surface area contributed by atoms with Gasteiger partial charge in [-0.2, -0.15) is 0 Å². The standard InChI is InChI=1S/C22H27FN2O2/c1-17(12-19-10-6-7-11-21(19)23)24-14-20(27-2)15-25(22(26)16-24)13-18-8-4-3-5-9-18/h3-11,17,20H,12-16H2,1-2H3. The van der Waals surface area contributed by atoms with E-state index >= 15 is 0 Å². The van der Waals surface area contributed by atoms with Crippen LogP contribution in [0.4, 0.5) is 4.39 Å². The number of rotatable bonds is 6. The van der Waals surface area contributed by atoms with E-state index < -0.39 is 0 Å². The molecule has 5 heteroatoms. The number of nitrogens with zero attached hydrogens (tertiary/aromatic N) is 2. The number of carbonyl (C=O) groups is 1. The van der Waals surface area contributed by atoms with Crippen LogP contribution in [0.2, 0.25) is 0 Å². The molecule has 1 aliphatic heterocycles. The van der Waals surface area contributed by atoms with Crippen molar-refractivity contribution in [2.45, 2.75) is 32.0 Å². The smallest absolute Gasteiger partial charge is 0.237 e. The minimum absolute atomic E-state index is 0.0418. The number of amides is 1. The fourth-order valence-electron chi connectivity index (χ4n) is 3.56.